The SMILES string of the molecule is C=N/C=C1\C/C(=N\CNC2=CC=C(N3C[C@H]4C[C@@H]3CN4C)CC=C2)N(c2cccc(N3C(=O)OCC3(C)CC)n2)C(C)C1COC(C)(C)C. The van der Waals surface area contributed by atoms with E-state index in [1.54, 1.807) is 4.90 Å². The van der Waals surface area contributed by atoms with Gasteiger partial charge in [-0.2, -0.15) is 0 Å². The number of anilines is 2. The standard InChI is InChI=1S/C38H54N8O3/c1-9-38(6)24-48-36(47)46(38)34-15-11-14-33(42-34)45-26(2)32(23-49-37(3,4)5)27(20-39-7)18-35(45)41-25-40-28-12-10-13-29(17-16-28)44-22-30-19-31(44)21-43(30)8/h10-12,14-17,20,26,30-32,40H,7,9,13,18-19,21-25H2,1-6,8H3/b27-20+,41-35+/t26?,30-,31-,32?,38?/m1/s1. The van der Waals surface area contributed by atoms with Crippen molar-refractivity contribution in [1.29, 1.82) is 0 Å². The Hall–Kier alpha value is -3.96. The van der Waals surface area contributed by atoms with Gasteiger partial charge >= 0.3 is 6.09 Å². The predicted molar refractivity (Wildman–Crippen MR) is 197 cm³/mol. The van der Waals surface area contributed by atoms with Crippen LogP contribution in [0.5, 0.6) is 0 Å². The number of amides is 1. The molecule has 1 aliphatic carbocycles. The van der Waals surface area contributed by atoms with Gasteiger partial charge in [0.2, 0.25) is 0 Å². The van der Waals surface area contributed by atoms with Gasteiger partial charge in [-0.05, 0) is 97.2 Å². The predicted octanol–water partition coefficient (Wildman–Crippen LogP) is 5.88. The van der Waals surface area contributed by atoms with Gasteiger partial charge in [0.25, 0.3) is 0 Å². The lowest BCUT2D eigenvalue weighted by atomic mass is 9.85. The number of allylic oxidation sites excluding steroid dienone is 4. The lowest BCUT2D eigenvalue weighted by Gasteiger charge is -2.43. The van der Waals surface area contributed by atoms with Gasteiger partial charge in [-0.15, -0.1) is 0 Å². The van der Waals surface area contributed by atoms with Crippen LogP contribution in [0.3, 0.4) is 0 Å². The van der Waals surface area contributed by atoms with E-state index in [1.807, 2.05) is 31.3 Å². The van der Waals surface area contributed by atoms with Crippen LogP contribution >= 0.6 is 0 Å². The van der Waals surface area contributed by atoms with Crippen LogP contribution in [-0.2, 0) is 9.47 Å². The molecule has 0 radical (unpaired) electrons. The minimum Gasteiger partial charge on any atom is -0.447 e. The fraction of sp³-hybridized carbons (Fsp3) is 0.579. The lowest BCUT2D eigenvalue weighted by molar-refractivity contribution is -0.0201. The van der Waals surface area contributed by atoms with Gasteiger partial charge in [0, 0.05) is 67.6 Å². The molecule has 4 fully saturated rings. The molecule has 0 spiro atoms. The van der Waals surface area contributed by atoms with Crippen molar-refractivity contribution in [2.75, 3.05) is 49.8 Å². The Kier molecular flexibility index (Phi) is 10.0. The highest BCUT2D eigenvalue weighted by Gasteiger charge is 2.45. The number of rotatable bonds is 10. The second-order valence-corrected chi connectivity index (χ2v) is 15.2. The molecule has 0 saturated carbocycles. The van der Waals surface area contributed by atoms with Crippen molar-refractivity contribution < 1.29 is 14.3 Å². The lowest BCUT2D eigenvalue weighted by Crippen LogP contribution is -2.51. The molecule has 49 heavy (non-hydrogen) atoms. The summed E-state index contributed by atoms with van der Waals surface area (Å²) >= 11 is 0. The van der Waals surface area contributed by atoms with Crippen LogP contribution in [0.25, 0.3) is 0 Å². The summed E-state index contributed by atoms with van der Waals surface area (Å²) in [5.74, 6) is 2.18. The number of pyridine rings is 1. The van der Waals surface area contributed by atoms with E-state index >= 15 is 0 Å². The summed E-state index contributed by atoms with van der Waals surface area (Å²) in [6, 6.07) is 7.04. The number of carbonyl (C=O) groups excluding carboxylic acids is 1. The van der Waals surface area contributed by atoms with E-state index in [9.17, 15) is 4.79 Å². The number of ether oxygens (including phenoxy) is 2. The molecule has 264 valence electrons. The number of hydrogen-bond acceptors (Lipinski definition) is 9. The summed E-state index contributed by atoms with van der Waals surface area (Å²) in [4.78, 5) is 36.3. The largest absolute Gasteiger partial charge is 0.447 e. The molecule has 6 rings (SSSR count). The normalized spacial score (nSPS) is 30.6. The third-order valence-electron chi connectivity index (χ3n) is 10.8. The molecule has 5 heterocycles. The molecule has 1 N–H and O–H groups in total. The number of likely N-dealkylation sites (tertiary alicyclic amines) is 2. The topological polar surface area (TPSA) is 98.1 Å². The fourth-order valence-electron chi connectivity index (χ4n) is 7.70. The van der Waals surface area contributed by atoms with Gasteiger partial charge < -0.3 is 24.6 Å². The zero-order valence-electron chi connectivity index (χ0n) is 30.4. The number of amidine groups is 1. The Bertz CT molecular complexity index is 1570. The van der Waals surface area contributed by atoms with Crippen molar-refractivity contribution in [3.05, 3.63) is 65.7 Å². The molecular weight excluding hydrogens is 616 g/mol. The van der Waals surface area contributed by atoms with Crippen LogP contribution in [0.4, 0.5) is 16.4 Å². The fourth-order valence-corrected chi connectivity index (χ4v) is 7.70. The Labute approximate surface area is 292 Å². The number of aromatic nitrogens is 1. The number of nitrogens with zero attached hydrogens (tertiary/aromatic N) is 7. The van der Waals surface area contributed by atoms with Crippen molar-refractivity contribution in [3.8, 4) is 0 Å². The molecule has 4 saturated heterocycles. The number of carbonyl (C=O) groups is 1. The van der Waals surface area contributed by atoms with E-state index in [0.29, 0.717) is 44.2 Å². The number of piperidine rings is 1. The van der Waals surface area contributed by atoms with Crippen LogP contribution in [0.15, 0.2) is 75.7 Å². The summed E-state index contributed by atoms with van der Waals surface area (Å²) in [5.41, 5.74) is 2.77. The summed E-state index contributed by atoms with van der Waals surface area (Å²) in [7, 11) is 2.24. The average Bonchev–Trinajstić information content (AvgIpc) is 3.67. The van der Waals surface area contributed by atoms with Crippen LogP contribution in [-0.4, -0.2) is 103 Å². The smallest absolute Gasteiger partial charge is 0.416 e. The molecule has 3 unspecified atom stereocenters. The number of nitrogens with one attached hydrogen (secondary N) is 1. The maximum absolute atomic E-state index is 12.9. The highest BCUT2D eigenvalue weighted by atomic mass is 16.6. The molecular formula is C38H54N8O3. The maximum Gasteiger partial charge on any atom is 0.416 e. The number of aliphatic imine (C=N–C) groups is 2. The van der Waals surface area contributed by atoms with Gasteiger partial charge in [-0.25, -0.2) is 9.78 Å². The van der Waals surface area contributed by atoms with Gasteiger partial charge in [0.1, 0.15) is 30.7 Å². The second kappa shape index (κ2) is 14.1. The van der Waals surface area contributed by atoms with Crippen molar-refractivity contribution in [2.24, 2.45) is 15.9 Å². The highest BCUT2D eigenvalue weighted by Crippen LogP contribution is 2.38. The molecule has 2 bridgehead atoms. The Morgan fingerprint density at radius 1 is 1.20 bits per heavy atom. The molecule has 5 atom stereocenters. The molecule has 5 aliphatic rings. The molecule has 4 aliphatic heterocycles. The molecule has 1 aromatic rings. The number of cyclic esters (lactones) is 1. The zero-order valence-corrected chi connectivity index (χ0v) is 30.4. The Balaban J connectivity index is 1.27. The number of hydrogen-bond donors (Lipinski definition) is 1. The highest BCUT2D eigenvalue weighted by molar-refractivity contribution is 6.01. The van der Waals surface area contributed by atoms with Crippen molar-refractivity contribution in [3.63, 3.8) is 0 Å². The molecule has 0 aromatic carbocycles. The maximum atomic E-state index is 12.9. The number of fused-ring (bicyclic) bond motifs is 2. The minimum atomic E-state index is -0.468. The monoisotopic (exact) mass is 670 g/mol. The van der Waals surface area contributed by atoms with Crippen LogP contribution in [0, 0.1) is 5.92 Å². The third kappa shape index (κ3) is 7.33. The van der Waals surface area contributed by atoms with Crippen LogP contribution in [0.1, 0.15) is 67.2 Å². The van der Waals surface area contributed by atoms with E-state index in [4.69, 9.17) is 19.5 Å². The minimum absolute atomic E-state index is 0.0245. The first-order chi connectivity index (χ1) is 23.4. The summed E-state index contributed by atoms with van der Waals surface area (Å²) in [6.45, 7) is 19.8. The van der Waals surface area contributed by atoms with E-state index in [-0.39, 0.29) is 23.7 Å². The first-order valence-corrected chi connectivity index (χ1v) is 17.7. The van der Waals surface area contributed by atoms with Gasteiger partial charge in [0.15, 0.2) is 0 Å². The quantitative estimate of drug-likeness (QED) is 0.308. The van der Waals surface area contributed by atoms with Crippen LogP contribution < -0.4 is 15.1 Å². The zero-order chi connectivity index (χ0) is 34.9. The molecule has 1 amide bonds. The molecule has 11 heteroatoms. The van der Waals surface area contributed by atoms with Crippen molar-refractivity contribution >= 4 is 30.3 Å². The first-order valence-electron chi connectivity index (χ1n) is 17.7. The molecule has 11 nitrogen and oxygen atoms in total. The second-order valence-electron chi connectivity index (χ2n) is 15.2. The van der Waals surface area contributed by atoms with E-state index < -0.39 is 5.54 Å². The van der Waals surface area contributed by atoms with Crippen molar-refractivity contribution in [2.45, 2.75) is 96.5 Å². The summed E-state index contributed by atoms with van der Waals surface area (Å²) < 4.78 is 11.8. The summed E-state index contributed by atoms with van der Waals surface area (Å²) in [5, 5.41) is 3.55. The third-order valence-corrected chi connectivity index (χ3v) is 10.8. The van der Waals surface area contributed by atoms with E-state index in [1.165, 1.54) is 12.1 Å². The Morgan fingerprint density at radius 2 is 2.00 bits per heavy atom. The van der Waals surface area contributed by atoms with Gasteiger partial charge in [-0.3, -0.25) is 19.8 Å². The van der Waals surface area contributed by atoms with Crippen molar-refractivity contribution in [1.82, 2.24) is 20.1 Å². The van der Waals surface area contributed by atoms with Gasteiger partial charge in [-0.1, -0.05) is 19.1 Å². The van der Waals surface area contributed by atoms with Crippen LogP contribution in [0.2, 0.25) is 0 Å². The summed E-state index contributed by atoms with van der Waals surface area (Å²) in [6.07, 6.45) is 13.8. The van der Waals surface area contributed by atoms with Gasteiger partial charge in [0.05, 0.1) is 17.7 Å². The average molecular weight is 671 g/mol. The number of likely N-dealkylation sites (N-methyl/N-ethyl adjacent to an activating group) is 1. The van der Waals surface area contributed by atoms with E-state index in [0.717, 1.165) is 48.9 Å². The Morgan fingerprint density at radius 3 is 2.69 bits per heavy atom. The molecule has 1 aromatic heterocycles. The number of piperazine rings is 1. The first kappa shape index (κ1) is 34.9. The van der Waals surface area contributed by atoms with E-state index in [2.05, 4.69) is 97.7 Å².